The summed E-state index contributed by atoms with van der Waals surface area (Å²) < 4.78 is 1.76. The van der Waals surface area contributed by atoms with Crippen LogP contribution in [0.4, 0.5) is 17.2 Å². The Hall–Kier alpha value is -2.50. The van der Waals surface area contributed by atoms with Crippen molar-refractivity contribution in [2.45, 2.75) is 6.92 Å². The fourth-order valence-corrected chi connectivity index (χ4v) is 1.62. The van der Waals surface area contributed by atoms with Crippen LogP contribution in [-0.2, 0) is 7.05 Å². The average molecular weight is 245 g/mol. The van der Waals surface area contributed by atoms with Crippen LogP contribution in [0.5, 0.6) is 0 Å². The van der Waals surface area contributed by atoms with Gasteiger partial charge in [-0.05, 0) is 25.1 Å². The van der Waals surface area contributed by atoms with Gasteiger partial charge in [-0.2, -0.15) is 5.10 Å². The van der Waals surface area contributed by atoms with E-state index >= 15 is 0 Å². The van der Waals surface area contributed by atoms with Gasteiger partial charge in [0.25, 0.3) is 5.91 Å². The Morgan fingerprint density at radius 3 is 2.67 bits per heavy atom. The minimum Gasteiger partial charge on any atom is -0.398 e. The molecule has 2 aromatic rings. The topological polar surface area (TPSA) is 99.0 Å². The number of nitrogens with two attached hydrogens (primary N) is 2. The maximum Gasteiger partial charge on any atom is 0.250 e. The van der Waals surface area contributed by atoms with E-state index in [-0.39, 0.29) is 0 Å². The highest BCUT2D eigenvalue weighted by Crippen LogP contribution is 2.21. The van der Waals surface area contributed by atoms with E-state index < -0.39 is 5.91 Å². The number of aryl methyl sites for hydroxylation is 2. The largest absolute Gasteiger partial charge is 0.398 e. The minimum atomic E-state index is -0.548. The zero-order valence-corrected chi connectivity index (χ0v) is 10.3. The molecule has 0 radical (unpaired) electrons. The van der Waals surface area contributed by atoms with Crippen molar-refractivity contribution in [1.82, 2.24) is 9.78 Å². The van der Waals surface area contributed by atoms with Crippen molar-refractivity contribution in [3.05, 3.63) is 35.5 Å². The van der Waals surface area contributed by atoms with Crippen LogP contribution < -0.4 is 16.8 Å². The summed E-state index contributed by atoms with van der Waals surface area (Å²) in [7, 11) is 1.86. The molecule has 1 amide bonds. The third-order valence-corrected chi connectivity index (χ3v) is 2.70. The van der Waals surface area contributed by atoms with E-state index in [0.717, 1.165) is 11.4 Å². The molecule has 5 N–H and O–H groups in total. The van der Waals surface area contributed by atoms with E-state index in [0.29, 0.717) is 17.1 Å². The third-order valence-electron chi connectivity index (χ3n) is 2.70. The lowest BCUT2D eigenvalue weighted by atomic mass is 10.1. The lowest BCUT2D eigenvalue weighted by molar-refractivity contribution is 0.100. The second-order valence-corrected chi connectivity index (χ2v) is 4.09. The van der Waals surface area contributed by atoms with E-state index in [1.165, 1.54) is 0 Å². The van der Waals surface area contributed by atoms with Crippen LogP contribution in [-0.4, -0.2) is 15.7 Å². The Morgan fingerprint density at radius 2 is 2.11 bits per heavy atom. The number of anilines is 3. The van der Waals surface area contributed by atoms with Gasteiger partial charge >= 0.3 is 0 Å². The number of nitrogens with one attached hydrogen (secondary N) is 1. The van der Waals surface area contributed by atoms with E-state index in [9.17, 15) is 4.79 Å². The molecule has 2 rings (SSSR count). The molecule has 0 bridgehead atoms. The highest BCUT2D eigenvalue weighted by molar-refractivity contribution is 5.99. The second-order valence-electron chi connectivity index (χ2n) is 4.09. The molecule has 18 heavy (non-hydrogen) atoms. The van der Waals surface area contributed by atoms with Crippen LogP contribution in [0, 0.1) is 6.92 Å². The Balaban J connectivity index is 2.29. The number of nitrogens with zero attached hydrogens (tertiary/aromatic N) is 2. The van der Waals surface area contributed by atoms with Gasteiger partial charge in [0.2, 0.25) is 0 Å². The zero-order chi connectivity index (χ0) is 13.3. The molecule has 0 spiro atoms. The first-order valence-electron chi connectivity index (χ1n) is 5.44. The molecule has 1 heterocycles. The van der Waals surface area contributed by atoms with Crippen molar-refractivity contribution in [1.29, 1.82) is 0 Å². The van der Waals surface area contributed by atoms with E-state index in [1.54, 1.807) is 22.9 Å². The first-order valence-corrected chi connectivity index (χ1v) is 5.44. The average Bonchev–Trinajstić information content (AvgIpc) is 2.60. The molecular weight excluding hydrogens is 230 g/mol. The van der Waals surface area contributed by atoms with Crippen LogP contribution in [0.25, 0.3) is 0 Å². The first-order chi connectivity index (χ1) is 8.47. The number of carbonyl (C=O) groups excluding carboxylic acids is 1. The number of primary amides is 1. The Labute approximate surface area is 105 Å². The number of nitrogen functional groups attached to an aromatic ring is 1. The maximum atomic E-state index is 11.2. The number of carbonyl (C=O) groups is 1. The second kappa shape index (κ2) is 4.40. The predicted molar refractivity (Wildman–Crippen MR) is 70.6 cm³/mol. The van der Waals surface area contributed by atoms with Crippen LogP contribution in [0.1, 0.15) is 16.1 Å². The molecular formula is C12H15N5O. The molecule has 0 aliphatic rings. The van der Waals surface area contributed by atoms with E-state index in [1.807, 2.05) is 20.0 Å². The van der Waals surface area contributed by atoms with Crippen molar-refractivity contribution >= 4 is 23.1 Å². The van der Waals surface area contributed by atoms with Crippen molar-refractivity contribution < 1.29 is 4.79 Å². The Kier molecular flexibility index (Phi) is 2.93. The van der Waals surface area contributed by atoms with Crippen LogP contribution >= 0.6 is 0 Å². The third kappa shape index (κ3) is 2.27. The molecule has 0 aliphatic heterocycles. The molecule has 1 aromatic carbocycles. The smallest absolute Gasteiger partial charge is 0.250 e. The van der Waals surface area contributed by atoms with Crippen LogP contribution in [0.2, 0.25) is 0 Å². The number of hydrogen-bond donors (Lipinski definition) is 3. The number of hydrogen-bond acceptors (Lipinski definition) is 4. The van der Waals surface area contributed by atoms with Gasteiger partial charge in [-0.1, -0.05) is 0 Å². The molecule has 1 aromatic heterocycles. The van der Waals surface area contributed by atoms with Crippen molar-refractivity contribution in [3.63, 3.8) is 0 Å². The molecule has 0 saturated heterocycles. The minimum absolute atomic E-state index is 0.299. The van der Waals surface area contributed by atoms with Gasteiger partial charge in [0.1, 0.15) is 0 Å². The SMILES string of the molecule is Cc1cc(Nc2ccc(N)c(C(N)=O)c2)nn1C. The zero-order valence-electron chi connectivity index (χ0n) is 10.3. The molecule has 0 unspecified atom stereocenters. The van der Waals surface area contributed by atoms with Gasteiger partial charge in [0.15, 0.2) is 5.82 Å². The highest BCUT2D eigenvalue weighted by Gasteiger charge is 2.08. The van der Waals surface area contributed by atoms with Gasteiger partial charge < -0.3 is 16.8 Å². The lowest BCUT2D eigenvalue weighted by Gasteiger charge is -2.06. The van der Waals surface area contributed by atoms with Crippen molar-refractivity contribution in [2.75, 3.05) is 11.1 Å². The Morgan fingerprint density at radius 1 is 1.39 bits per heavy atom. The summed E-state index contributed by atoms with van der Waals surface area (Å²) in [6.45, 7) is 1.95. The number of aromatic nitrogens is 2. The molecule has 6 heteroatoms. The van der Waals surface area contributed by atoms with Crippen molar-refractivity contribution in [3.8, 4) is 0 Å². The van der Waals surface area contributed by atoms with Gasteiger partial charge in [-0.25, -0.2) is 0 Å². The summed E-state index contributed by atoms with van der Waals surface area (Å²) in [5, 5.41) is 7.35. The Bertz CT molecular complexity index is 583. The number of amides is 1. The van der Waals surface area contributed by atoms with Crippen LogP contribution in [0.3, 0.4) is 0 Å². The van der Waals surface area contributed by atoms with Crippen LogP contribution in [0.15, 0.2) is 24.3 Å². The van der Waals surface area contributed by atoms with E-state index in [4.69, 9.17) is 11.5 Å². The summed E-state index contributed by atoms with van der Waals surface area (Å²) in [5.74, 6) is 0.156. The fourth-order valence-electron chi connectivity index (χ4n) is 1.62. The first kappa shape index (κ1) is 12.0. The molecule has 0 fully saturated rings. The summed E-state index contributed by atoms with van der Waals surface area (Å²) in [6.07, 6.45) is 0. The van der Waals surface area contributed by atoms with Gasteiger partial charge in [0.05, 0.1) is 5.56 Å². The van der Waals surface area contributed by atoms with E-state index in [2.05, 4.69) is 10.4 Å². The summed E-state index contributed by atoms with van der Waals surface area (Å²) in [4.78, 5) is 11.2. The fraction of sp³-hybridized carbons (Fsp3) is 0.167. The molecule has 0 aliphatic carbocycles. The number of rotatable bonds is 3. The summed E-state index contributed by atoms with van der Waals surface area (Å²) in [6, 6.07) is 6.92. The number of benzene rings is 1. The summed E-state index contributed by atoms with van der Waals surface area (Å²) >= 11 is 0. The van der Waals surface area contributed by atoms with Gasteiger partial charge in [-0.15, -0.1) is 0 Å². The quantitative estimate of drug-likeness (QED) is 0.706. The molecule has 0 atom stereocenters. The maximum absolute atomic E-state index is 11.2. The standard InChI is InChI=1S/C12H15N5O/c1-7-5-11(16-17(7)2)15-8-3-4-10(13)9(6-8)12(14)18/h3-6H,13H2,1-2H3,(H2,14,18)(H,15,16). The summed E-state index contributed by atoms with van der Waals surface area (Å²) in [5.41, 5.74) is 13.3. The van der Waals surface area contributed by atoms with Gasteiger partial charge in [-0.3, -0.25) is 9.48 Å². The molecule has 6 nitrogen and oxygen atoms in total. The highest BCUT2D eigenvalue weighted by atomic mass is 16.1. The molecule has 0 saturated carbocycles. The van der Waals surface area contributed by atoms with Crippen molar-refractivity contribution in [2.24, 2.45) is 12.8 Å². The monoisotopic (exact) mass is 245 g/mol. The predicted octanol–water partition coefficient (Wildman–Crippen LogP) is 1.15. The molecule has 94 valence electrons. The normalized spacial score (nSPS) is 10.3. The van der Waals surface area contributed by atoms with Gasteiger partial charge in [0, 0.05) is 30.2 Å². The lowest BCUT2D eigenvalue weighted by Crippen LogP contribution is -2.13.